The topological polar surface area (TPSA) is 52.4 Å². The summed E-state index contributed by atoms with van der Waals surface area (Å²) in [5, 5.41) is 4.53. The molecular formula is C18H26N4O2. The third-order valence-electron chi connectivity index (χ3n) is 4.64. The summed E-state index contributed by atoms with van der Waals surface area (Å²) in [6.07, 6.45) is 4.56. The smallest absolute Gasteiger partial charge is 0.222 e. The van der Waals surface area contributed by atoms with Gasteiger partial charge in [0.15, 0.2) is 0 Å². The van der Waals surface area contributed by atoms with Crippen molar-refractivity contribution in [1.82, 2.24) is 19.7 Å². The first kappa shape index (κ1) is 16.9. The first-order valence-corrected chi connectivity index (χ1v) is 8.32. The van der Waals surface area contributed by atoms with Gasteiger partial charge in [-0.3, -0.25) is 9.88 Å². The largest absolute Gasteiger partial charge is 0.437 e. The van der Waals surface area contributed by atoms with E-state index in [0.717, 1.165) is 55.5 Å². The summed E-state index contributed by atoms with van der Waals surface area (Å²) < 4.78 is 13.1. The Labute approximate surface area is 143 Å². The second-order valence-electron chi connectivity index (χ2n) is 6.98. The molecule has 0 radical (unpaired) electrons. The molecule has 3 heterocycles. The first-order chi connectivity index (χ1) is 11.5. The van der Waals surface area contributed by atoms with E-state index in [1.807, 2.05) is 30.8 Å². The fourth-order valence-electron chi connectivity index (χ4n) is 3.38. The van der Waals surface area contributed by atoms with Crippen molar-refractivity contribution in [2.24, 2.45) is 12.5 Å². The summed E-state index contributed by atoms with van der Waals surface area (Å²) in [7, 11) is 3.68. The van der Waals surface area contributed by atoms with E-state index in [2.05, 4.69) is 21.9 Å². The van der Waals surface area contributed by atoms with Crippen LogP contribution >= 0.6 is 0 Å². The van der Waals surface area contributed by atoms with Crippen LogP contribution in [0.15, 0.2) is 24.5 Å². The lowest BCUT2D eigenvalue weighted by atomic mass is 9.79. The molecule has 0 atom stereocenters. The second-order valence-corrected chi connectivity index (χ2v) is 6.98. The lowest BCUT2D eigenvalue weighted by molar-refractivity contribution is -0.0140. The third kappa shape index (κ3) is 3.60. The predicted molar refractivity (Wildman–Crippen MR) is 92.1 cm³/mol. The molecule has 0 N–H and O–H groups in total. The number of pyridine rings is 1. The van der Waals surface area contributed by atoms with Gasteiger partial charge >= 0.3 is 0 Å². The summed E-state index contributed by atoms with van der Waals surface area (Å²) in [4.78, 5) is 6.55. The summed E-state index contributed by atoms with van der Waals surface area (Å²) in [5.74, 6) is 1.53. The van der Waals surface area contributed by atoms with Gasteiger partial charge in [0.1, 0.15) is 5.75 Å². The van der Waals surface area contributed by atoms with Crippen molar-refractivity contribution in [3.05, 3.63) is 35.8 Å². The van der Waals surface area contributed by atoms with E-state index in [4.69, 9.17) is 9.47 Å². The lowest BCUT2D eigenvalue weighted by Gasteiger charge is -2.48. The molecule has 1 aliphatic rings. The van der Waals surface area contributed by atoms with Crippen LogP contribution in [0.3, 0.4) is 0 Å². The molecule has 3 rings (SSSR count). The highest BCUT2D eigenvalue weighted by atomic mass is 16.5. The Bertz CT molecular complexity index is 678. The standard InChI is InChI=1S/C18H26N4O2/c1-14-16(11-22-12-18(2,13-22)7-9-23-4)17(21(3)20-14)24-15-6-5-8-19-10-15/h5-6,8,10H,7,9,11-13H2,1-4H3. The fourth-order valence-corrected chi connectivity index (χ4v) is 3.38. The molecule has 1 aliphatic heterocycles. The maximum atomic E-state index is 6.04. The van der Waals surface area contributed by atoms with Gasteiger partial charge in [-0.05, 0) is 30.9 Å². The van der Waals surface area contributed by atoms with Crippen molar-refractivity contribution in [2.75, 3.05) is 26.8 Å². The van der Waals surface area contributed by atoms with E-state index in [9.17, 15) is 0 Å². The van der Waals surface area contributed by atoms with Crippen LogP contribution in [0.5, 0.6) is 11.6 Å². The zero-order chi connectivity index (χ0) is 17.2. The summed E-state index contributed by atoms with van der Waals surface area (Å²) in [5.41, 5.74) is 2.52. The SMILES string of the molecule is COCCC1(C)CN(Cc2c(C)nn(C)c2Oc2cccnc2)C1. The molecule has 0 aliphatic carbocycles. The van der Waals surface area contributed by atoms with Crippen LogP contribution in [-0.2, 0) is 18.3 Å². The number of aryl methyl sites for hydroxylation is 2. The number of likely N-dealkylation sites (tertiary alicyclic amines) is 1. The quantitative estimate of drug-likeness (QED) is 0.781. The van der Waals surface area contributed by atoms with Gasteiger partial charge < -0.3 is 9.47 Å². The van der Waals surface area contributed by atoms with E-state index in [1.54, 1.807) is 19.5 Å². The monoisotopic (exact) mass is 330 g/mol. The molecule has 1 saturated heterocycles. The van der Waals surface area contributed by atoms with Crippen molar-refractivity contribution in [1.29, 1.82) is 0 Å². The zero-order valence-electron chi connectivity index (χ0n) is 15.0. The Morgan fingerprint density at radius 3 is 2.79 bits per heavy atom. The Balaban J connectivity index is 1.68. The number of rotatable bonds is 7. The van der Waals surface area contributed by atoms with Crippen LogP contribution in [0.4, 0.5) is 0 Å². The van der Waals surface area contributed by atoms with E-state index in [1.165, 1.54) is 0 Å². The van der Waals surface area contributed by atoms with Gasteiger partial charge in [-0.1, -0.05) is 6.92 Å². The van der Waals surface area contributed by atoms with Gasteiger partial charge in [-0.2, -0.15) is 5.10 Å². The minimum atomic E-state index is 0.358. The van der Waals surface area contributed by atoms with Gasteiger partial charge in [-0.15, -0.1) is 0 Å². The van der Waals surface area contributed by atoms with Crippen LogP contribution in [0, 0.1) is 12.3 Å². The number of methoxy groups -OCH3 is 1. The molecule has 2 aromatic rings. The van der Waals surface area contributed by atoms with Gasteiger partial charge in [0.25, 0.3) is 0 Å². The van der Waals surface area contributed by atoms with Gasteiger partial charge in [0, 0.05) is 46.6 Å². The molecular weight excluding hydrogens is 304 g/mol. The van der Waals surface area contributed by atoms with Crippen molar-refractivity contribution in [3.63, 3.8) is 0 Å². The Hall–Kier alpha value is -1.92. The van der Waals surface area contributed by atoms with E-state index >= 15 is 0 Å². The highest BCUT2D eigenvalue weighted by molar-refractivity contribution is 5.35. The van der Waals surface area contributed by atoms with E-state index < -0.39 is 0 Å². The van der Waals surface area contributed by atoms with Crippen LogP contribution in [0.2, 0.25) is 0 Å². The summed E-state index contributed by atoms with van der Waals surface area (Å²) >= 11 is 0. The number of hydrogen-bond acceptors (Lipinski definition) is 5. The van der Waals surface area contributed by atoms with Crippen LogP contribution < -0.4 is 4.74 Å². The molecule has 24 heavy (non-hydrogen) atoms. The van der Waals surface area contributed by atoms with Crippen LogP contribution in [-0.4, -0.2) is 46.5 Å². The first-order valence-electron chi connectivity index (χ1n) is 8.32. The van der Waals surface area contributed by atoms with Gasteiger partial charge in [0.05, 0.1) is 17.5 Å². The van der Waals surface area contributed by atoms with Gasteiger partial charge in [-0.25, -0.2) is 4.68 Å². The van der Waals surface area contributed by atoms with E-state index in [-0.39, 0.29) is 0 Å². The lowest BCUT2D eigenvalue weighted by Crippen LogP contribution is -2.54. The predicted octanol–water partition coefficient (Wildman–Crippen LogP) is 2.77. The van der Waals surface area contributed by atoms with Crippen molar-refractivity contribution < 1.29 is 9.47 Å². The summed E-state index contributed by atoms with van der Waals surface area (Å²) in [6.45, 7) is 8.21. The van der Waals surface area contributed by atoms with Crippen LogP contribution in [0.25, 0.3) is 0 Å². The Morgan fingerprint density at radius 2 is 2.12 bits per heavy atom. The summed E-state index contributed by atoms with van der Waals surface area (Å²) in [6, 6.07) is 3.78. The van der Waals surface area contributed by atoms with Crippen molar-refractivity contribution in [3.8, 4) is 11.6 Å². The normalized spacial score (nSPS) is 16.8. The molecule has 2 aromatic heterocycles. The molecule has 6 heteroatoms. The average Bonchev–Trinajstić information content (AvgIpc) is 2.79. The maximum Gasteiger partial charge on any atom is 0.222 e. The molecule has 1 fully saturated rings. The Kier molecular flexibility index (Phi) is 4.87. The van der Waals surface area contributed by atoms with Crippen molar-refractivity contribution in [2.45, 2.75) is 26.8 Å². The minimum Gasteiger partial charge on any atom is -0.437 e. The molecule has 0 saturated carbocycles. The zero-order valence-corrected chi connectivity index (χ0v) is 15.0. The minimum absolute atomic E-state index is 0.358. The molecule has 0 bridgehead atoms. The number of nitrogens with zero attached hydrogens (tertiary/aromatic N) is 4. The maximum absolute atomic E-state index is 6.04. The van der Waals surface area contributed by atoms with E-state index in [0.29, 0.717) is 5.41 Å². The van der Waals surface area contributed by atoms with Crippen molar-refractivity contribution >= 4 is 0 Å². The number of ether oxygens (including phenoxy) is 2. The average molecular weight is 330 g/mol. The highest BCUT2D eigenvalue weighted by Crippen LogP contribution is 2.36. The number of aromatic nitrogens is 3. The molecule has 0 amide bonds. The molecule has 0 aromatic carbocycles. The second kappa shape index (κ2) is 6.91. The third-order valence-corrected chi connectivity index (χ3v) is 4.64. The molecule has 6 nitrogen and oxygen atoms in total. The molecule has 130 valence electrons. The molecule has 0 spiro atoms. The van der Waals surface area contributed by atoms with Crippen LogP contribution in [0.1, 0.15) is 24.6 Å². The fraction of sp³-hybridized carbons (Fsp3) is 0.556. The molecule has 0 unspecified atom stereocenters. The number of hydrogen-bond donors (Lipinski definition) is 0. The Morgan fingerprint density at radius 1 is 1.33 bits per heavy atom. The highest BCUT2D eigenvalue weighted by Gasteiger charge is 2.38. The van der Waals surface area contributed by atoms with Gasteiger partial charge in [0.2, 0.25) is 5.88 Å².